The first kappa shape index (κ1) is 15.8. The predicted molar refractivity (Wildman–Crippen MR) is 86.9 cm³/mol. The molecule has 0 unspecified atom stereocenters. The average Bonchev–Trinajstić information content (AvgIpc) is 3.34. The summed E-state index contributed by atoms with van der Waals surface area (Å²) in [6, 6.07) is 3.73. The zero-order valence-electron chi connectivity index (χ0n) is 14.4. The van der Waals surface area contributed by atoms with Gasteiger partial charge in [-0.15, -0.1) is 10.2 Å². The van der Waals surface area contributed by atoms with Crippen LogP contribution in [0, 0.1) is 0 Å². The zero-order valence-corrected chi connectivity index (χ0v) is 14.4. The van der Waals surface area contributed by atoms with Crippen LogP contribution in [0.15, 0.2) is 22.7 Å². The lowest BCUT2D eigenvalue weighted by molar-refractivity contribution is -0.0135. The summed E-state index contributed by atoms with van der Waals surface area (Å²) in [6.07, 6.45) is 3.49. The number of aromatic nitrogens is 6. The van der Waals surface area contributed by atoms with Crippen molar-refractivity contribution in [2.24, 2.45) is 14.1 Å². The topological polar surface area (TPSA) is 93.0 Å². The van der Waals surface area contributed by atoms with Crippen LogP contribution in [0.4, 0.5) is 0 Å². The molecule has 9 nitrogen and oxygen atoms in total. The maximum atomic E-state index is 6.00. The fraction of sp³-hybridized carbons (Fsp3) is 0.500. The normalized spacial score (nSPS) is 20.8. The molecular formula is C16H20N6O3. The lowest BCUT2D eigenvalue weighted by Crippen LogP contribution is -2.23. The van der Waals surface area contributed by atoms with Gasteiger partial charge >= 0.3 is 0 Å². The lowest BCUT2D eigenvalue weighted by Gasteiger charge is -2.29. The van der Waals surface area contributed by atoms with Gasteiger partial charge in [0.2, 0.25) is 11.8 Å². The van der Waals surface area contributed by atoms with Crippen molar-refractivity contribution in [3.05, 3.63) is 29.9 Å². The first-order valence-corrected chi connectivity index (χ1v) is 8.18. The molecule has 0 aromatic carbocycles. The van der Waals surface area contributed by atoms with E-state index in [1.807, 2.05) is 17.8 Å². The van der Waals surface area contributed by atoms with Crippen LogP contribution in [0.25, 0.3) is 11.6 Å². The molecule has 0 saturated carbocycles. The number of methoxy groups -OCH3 is 1. The fourth-order valence-corrected chi connectivity index (χ4v) is 3.22. The molecule has 25 heavy (non-hydrogen) atoms. The molecule has 1 aliphatic heterocycles. The van der Waals surface area contributed by atoms with Crippen molar-refractivity contribution in [1.82, 2.24) is 29.8 Å². The second-order valence-corrected chi connectivity index (χ2v) is 6.06. The van der Waals surface area contributed by atoms with Gasteiger partial charge in [-0.2, -0.15) is 10.2 Å². The second kappa shape index (κ2) is 6.32. The van der Waals surface area contributed by atoms with Crippen molar-refractivity contribution >= 4 is 0 Å². The third kappa shape index (κ3) is 2.80. The standard InChI is InChI=1S/C16H20N6O3/c1-21-12(6-7-17-21)14-10(5-4-8-24-14)15-18-19-16(25-15)11-9-13(23-3)22(2)20-11/h6-7,9-10,14H,4-5,8H2,1-3H3/t10-,14-/m1/s1. The van der Waals surface area contributed by atoms with Crippen molar-refractivity contribution in [3.8, 4) is 17.5 Å². The van der Waals surface area contributed by atoms with Gasteiger partial charge in [0.25, 0.3) is 5.89 Å². The summed E-state index contributed by atoms with van der Waals surface area (Å²) >= 11 is 0. The van der Waals surface area contributed by atoms with E-state index in [0.29, 0.717) is 30.0 Å². The van der Waals surface area contributed by atoms with Gasteiger partial charge in [0.15, 0.2) is 5.69 Å². The lowest BCUT2D eigenvalue weighted by atomic mass is 9.92. The SMILES string of the molecule is COc1cc(-c2nnc([C@@H]3CCCO[C@H]3c3ccnn3C)o2)nn1C. The number of hydrogen-bond donors (Lipinski definition) is 0. The Kier molecular flexibility index (Phi) is 4.00. The molecule has 0 spiro atoms. The van der Waals surface area contributed by atoms with Crippen molar-refractivity contribution in [3.63, 3.8) is 0 Å². The van der Waals surface area contributed by atoms with Gasteiger partial charge in [-0.1, -0.05) is 0 Å². The molecule has 9 heteroatoms. The average molecular weight is 344 g/mol. The van der Waals surface area contributed by atoms with Crippen LogP contribution in [-0.4, -0.2) is 43.5 Å². The van der Waals surface area contributed by atoms with E-state index in [2.05, 4.69) is 20.4 Å². The highest BCUT2D eigenvalue weighted by atomic mass is 16.5. The van der Waals surface area contributed by atoms with Gasteiger partial charge in [0.05, 0.1) is 18.7 Å². The summed E-state index contributed by atoms with van der Waals surface area (Å²) in [4.78, 5) is 0. The number of rotatable bonds is 4. The maximum Gasteiger partial charge on any atom is 0.268 e. The zero-order chi connectivity index (χ0) is 17.4. The molecule has 2 atom stereocenters. The molecule has 3 aromatic rings. The third-order valence-electron chi connectivity index (χ3n) is 4.50. The van der Waals surface area contributed by atoms with Crippen LogP contribution in [0.2, 0.25) is 0 Å². The Hall–Kier alpha value is -2.68. The highest BCUT2D eigenvalue weighted by Gasteiger charge is 2.34. The van der Waals surface area contributed by atoms with E-state index in [9.17, 15) is 0 Å². The van der Waals surface area contributed by atoms with E-state index in [1.54, 1.807) is 31.1 Å². The van der Waals surface area contributed by atoms with Gasteiger partial charge in [-0.25, -0.2) is 4.68 Å². The maximum absolute atomic E-state index is 6.00. The summed E-state index contributed by atoms with van der Waals surface area (Å²) in [5, 5.41) is 17.0. The Morgan fingerprint density at radius 2 is 2.12 bits per heavy atom. The van der Waals surface area contributed by atoms with Crippen molar-refractivity contribution < 1.29 is 13.9 Å². The molecule has 0 N–H and O–H groups in total. The van der Waals surface area contributed by atoms with Crippen LogP contribution < -0.4 is 4.74 Å². The van der Waals surface area contributed by atoms with Gasteiger partial charge in [-0.3, -0.25) is 4.68 Å². The van der Waals surface area contributed by atoms with E-state index in [1.165, 1.54) is 0 Å². The number of hydrogen-bond acceptors (Lipinski definition) is 7. The van der Waals surface area contributed by atoms with Gasteiger partial charge in [0.1, 0.15) is 6.10 Å². The molecular weight excluding hydrogens is 324 g/mol. The molecule has 1 fully saturated rings. The van der Waals surface area contributed by atoms with Crippen LogP contribution >= 0.6 is 0 Å². The van der Waals surface area contributed by atoms with Crippen molar-refractivity contribution in [2.75, 3.05) is 13.7 Å². The minimum atomic E-state index is -0.146. The highest BCUT2D eigenvalue weighted by molar-refractivity contribution is 5.48. The number of ether oxygens (including phenoxy) is 2. The monoisotopic (exact) mass is 344 g/mol. The first-order valence-electron chi connectivity index (χ1n) is 8.18. The molecule has 1 saturated heterocycles. The van der Waals surface area contributed by atoms with Crippen molar-refractivity contribution in [1.29, 1.82) is 0 Å². The summed E-state index contributed by atoms with van der Waals surface area (Å²) in [7, 11) is 5.30. The minimum absolute atomic E-state index is 0.00370. The van der Waals surface area contributed by atoms with Gasteiger partial charge in [-0.05, 0) is 18.9 Å². The molecule has 3 aromatic heterocycles. The fourth-order valence-electron chi connectivity index (χ4n) is 3.22. The number of aryl methyl sites for hydroxylation is 2. The molecule has 4 rings (SSSR count). The highest BCUT2D eigenvalue weighted by Crippen LogP contribution is 2.40. The van der Waals surface area contributed by atoms with E-state index in [-0.39, 0.29) is 12.0 Å². The Morgan fingerprint density at radius 1 is 1.24 bits per heavy atom. The first-order chi connectivity index (χ1) is 12.2. The Labute approximate surface area is 144 Å². The molecule has 132 valence electrons. The quantitative estimate of drug-likeness (QED) is 0.713. The van der Waals surface area contributed by atoms with E-state index < -0.39 is 0 Å². The molecule has 0 aliphatic carbocycles. The largest absolute Gasteiger partial charge is 0.481 e. The van der Waals surface area contributed by atoms with Crippen LogP contribution in [0.1, 0.15) is 36.4 Å². The molecule has 0 radical (unpaired) electrons. The molecule has 0 amide bonds. The number of nitrogens with zero attached hydrogens (tertiary/aromatic N) is 6. The predicted octanol–water partition coefficient (Wildman–Crippen LogP) is 1.85. The molecule has 4 heterocycles. The van der Waals surface area contributed by atoms with E-state index >= 15 is 0 Å². The van der Waals surface area contributed by atoms with Gasteiger partial charge in [0, 0.05) is 33.0 Å². The molecule has 1 aliphatic rings. The van der Waals surface area contributed by atoms with E-state index in [0.717, 1.165) is 18.5 Å². The summed E-state index contributed by atoms with van der Waals surface area (Å²) in [5.74, 6) is 1.56. The molecule has 0 bridgehead atoms. The summed E-state index contributed by atoms with van der Waals surface area (Å²) in [5.41, 5.74) is 1.59. The smallest absolute Gasteiger partial charge is 0.268 e. The van der Waals surface area contributed by atoms with Gasteiger partial charge < -0.3 is 13.9 Å². The van der Waals surface area contributed by atoms with E-state index in [4.69, 9.17) is 13.9 Å². The van der Waals surface area contributed by atoms with Crippen molar-refractivity contribution in [2.45, 2.75) is 24.9 Å². The third-order valence-corrected chi connectivity index (χ3v) is 4.50. The Morgan fingerprint density at radius 3 is 2.84 bits per heavy atom. The summed E-state index contributed by atoms with van der Waals surface area (Å²) in [6.45, 7) is 0.713. The van der Waals surface area contributed by atoms with Crippen LogP contribution in [-0.2, 0) is 18.8 Å². The minimum Gasteiger partial charge on any atom is -0.481 e. The van der Waals surface area contributed by atoms with Crippen LogP contribution in [0.3, 0.4) is 0 Å². The van der Waals surface area contributed by atoms with Crippen LogP contribution in [0.5, 0.6) is 5.88 Å². The Bertz CT molecular complexity index is 867. The second-order valence-electron chi connectivity index (χ2n) is 6.06. The Balaban J connectivity index is 1.64. The summed E-state index contributed by atoms with van der Waals surface area (Å²) < 4.78 is 20.6.